The summed E-state index contributed by atoms with van der Waals surface area (Å²) in [5.74, 6) is 0. The molecule has 0 unspecified atom stereocenters. The summed E-state index contributed by atoms with van der Waals surface area (Å²) in [6.07, 6.45) is 0. The first-order chi connectivity index (χ1) is 28.5. The first kappa shape index (κ1) is 33.0. The van der Waals surface area contributed by atoms with Crippen LogP contribution in [-0.2, 0) is 5.41 Å². The summed E-state index contributed by atoms with van der Waals surface area (Å²) in [6, 6.07) is 74.5. The third-order valence-corrected chi connectivity index (χ3v) is 12.9. The highest BCUT2D eigenvalue weighted by molar-refractivity contribution is 6.28. The van der Waals surface area contributed by atoms with Crippen molar-refractivity contribution in [3.63, 3.8) is 0 Å². The zero-order valence-corrected chi connectivity index (χ0v) is 32.5. The Labute approximate surface area is 338 Å². The van der Waals surface area contributed by atoms with E-state index in [0.717, 1.165) is 0 Å². The van der Waals surface area contributed by atoms with Gasteiger partial charge in [0.25, 0.3) is 0 Å². The van der Waals surface area contributed by atoms with Crippen LogP contribution in [-0.4, -0.2) is 4.57 Å². The van der Waals surface area contributed by atoms with Gasteiger partial charge < -0.3 is 4.57 Å². The Balaban J connectivity index is 1.19. The number of fused-ring (bicyclic) bond motifs is 12. The van der Waals surface area contributed by atoms with E-state index in [4.69, 9.17) is 0 Å². The summed E-state index contributed by atoms with van der Waals surface area (Å²) in [5.41, 5.74) is 16.2. The van der Waals surface area contributed by atoms with E-state index in [0.29, 0.717) is 0 Å². The molecule has 10 aromatic carbocycles. The molecule has 1 heteroatoms. The van der Waals surface area contributed by atoms with Gasteiger partial charge in [-0.05, 0) is 131 Å². The molecule has 0 amide bonds. The number of hydrogen-bond donors (Lipinski definition) is 0. The van der Waals surface area contributed by atoms with Crippen LogP contribution in [0.3, 0.4) is 0 Å². The molecular formula is C57H39N. The molecule has 11 aromatic rings. The van der Waals surface area contributed by atoms with Gasteiger partial charge in [-0.15, -0.1) is 0 Å². The molecule has 0 saturated carbocycles. The van der Waals surface area contributed by atoms with Crippen molar-refractivity contribution in [1.82, 2.24) is 4.57 Å². The lowest BCUT2D eigenvalue weighted by atomic mass is 9.82. The summed E-state index contributed by atoms with van der Waals surface area (Å²) in [7, 11) is 0. The Kier molecular flexibility index (Phi) is 7.04. The van der Waals surface area contributed by atoms with Gasteiger partial charge in [0, 0.05) is 21.6 Å². The largest absolute Gasteiger partial charge is 0.309 e. The van der Waals surface area contributed by atoms with E-state index < -0.39 is 0 Å². The topological polar surface area (TPSA) is 4.93 Å². The molecule has 0 spiro atoms. The minimum absolute atomic E-state index is 0.125. The van der Waals surface area contributed by atoms with Gasteiger partial charge in [-0.25, -0.2) is 0 Å². The molecule has 1 aliphatic rings. The highest BCUT2D eigenvalue weighted by Crippen LogP contribution is 2.52. The van der Waals surface area contributed by atoms with Crippen molar-refractivity contribution in [1.29, 1.82) is 0 Å². The van der Waals surface area contributed by atoms with Crippen LogP contribution in [0.1, 0.15) is 25.0 Å². The zero-order valence-electron chi connectivity index (χ0n) is 32.5. The second kappa shape index (κ2) is 12.4. The number of aromatic nitrogens is 1. The predicted molar refractivity (Wildman–Crippen MR) is 247 cm³/mol. The van der Waals surface area contributed by atoms with Crippen LogP contribution in [0.25, 0.3) is 104 Å². The monoisotopic (exact) mass is 737 g/mol. The van der Waals surface area contributed by atoms with Gasteiger partial charge >= 0.3 is 0 Å². The highest BCUT2D eigenvalue weighted by Gasteiger charge is 2.36. The summed E-state index contributed by atoms with van der Waals surface area (Å²) >= 11 is 0. The van der Waals surface area contributed by atoms with Crippen LogP contribution in [0.2, 0.25) is 0 Å². The SMILES string of the molecule is CC1(C)c2ccccc2-c2cc3c4cc(-c5cc(-c6ccccc6)cc(-c6ccccc6)c5)ccc4n(-c4cccc5c6ccccc6c6ccccc6c45)c3cc21. The summed E-state index contributed by atoms with van der Waals surface area (Å²) in [5, 5.41) is 10.2. The van der Waals surface area contributed by atoms with Gasteiger partial charge in [0.2, 0.25) is 0 Å². The average Bonchev–Trinajstić information content (AvgIpc) is 3.72. The second-order valence-corrected chi connectivity index (χ2v) is 16.5. The molecule has 0 bridgehead atoms. The van der Waals surface area contributed by atoms with E-state index in [9.17, 15) is 0 Å². The molecule has 0 fully saturated rings. The van der Waals surface area contributed by atoms with E-state index in [1.807, 2.05) is 0 Å². The Morgan fingerprint density at radius 3 is 1.48 bits per heavy atom. The first-order valence-electron chi connectivity index (χ1n) is 20.3. The van der Waals surface area contributed by atoms with Gasteiger partial charge in [-0.2, -0.15) is 0 Å². The Hall–Kier alpha value is -7.22. The maximum atomic E-state index is 2.56. The Morgan fingerprint density at radius 1 is 0.310 bits per heavy atom. The highest BCUT2D eigenvalue weighted by atomic mass is 15.0. The molecule has 0 saturated heterocycles. The number of hydrogen-bond acceptors (Lipinski definition) is 0. The molecule has 1 heterocycles. The normalized spacial score (nSPS) is 13.1. The number of rotatable bonds is 4. The van der Waals surface area contributed by atoms with E-state index in [1.165, 1.54) is 115 Å². The van der Waals surface area contributed by atoms with Gasteiger partial charge in [-0.1, -0.05) is 166 Å². The maximum Gasteiger partial charge on any atom is 0.0547 e. The molecule has 272 valence electrons. The number of benzene rings is 10. The van der Waals surface area contributed by atoms with Crippen molar-refractivity contribution in [3.05, 3.63) is 211 Å². The third-order valence-electron chi connectivity index (χ3n) is 12.9. The maximum absolute atomic E-state index is 2.56. The summed E-state index contributed by atoms with van der Waals surface area (Å²) < 4.78 is 2.56. The molecular weight excluding hydrogens is 699 g/mol. The lowest BCUT2D eigenvalue weighted by molar-refractivity contribution is 0.661. The fourth-order valence-electron chi connectivity index (χ4n) is 10.2. The first-order valence-corrected chi connectivity index (χ1v) is 20.3. The van der Waals surface area contributed by atoms with E-state index in [1.54, 1.807) is 0 Å². The summed E-state index contributed by atoms with van der Waals surface area (Å²) in [6.45, 7) is 4.77. The van der Waals surface area contributed by atoms with Gasteiger partial charge in [0.15, 0.2) is 0 Å². The van der Waals surface area contributed by atoms with Gasteiger partial charge in [0.1, 0.15) is 0 Å². The molecule has 12 rings (SSSR count). The van der Waals surface area contributed by atoms with Gasteiger partial charge in [0.05, 0.1) is 16.7 Å². The summed E-state index contributed by atoms with van der Waals surface area (Å²) in [4.78, 5) is 0. The lowest BCUT2D eigenvalue weighted by Gasteiger charge is -2.22. The van der Waals surface area contributed by atoms with Crippen molar-refractivity contribution in [2.24, 2.45) is 0 Å². The van der Waals surface area contributed by atoms with Crippen LogP contribution >= 0.6 is 0 Å². The Bertz CT molecular complexity index is 3350. The fourth-order valence-corrected chi connectivity index (χ4v) is 10.2. The van der Waals surface area contributed by atoms with Crippen molar-refractivity contribution in [3.8, 4) is 50.2 Å². The minimum Gasteiger partial charge on any atom is -0.309 e. The average molecular weight is 738 g/mol. The molecule has 0 atom stereocenters. The van der Waals surface area contributed by atoms with E-state index in [-0.39, 0.29) is 5.41 Å². The molecule has 0 radical (unpaired) electrons. The van der Waals surface area contributed by atoms with Crippen LogP contribution < -0.4 is 0 Å². The minimum atomic E-state index is -0.125. The molecule has 0 N–H and O–H groups in total. The number of nitrogens with zero attached hydrogens (tertiary/aromatic N) is 1. The van der Waals surface area contributed by atoms with Crippen LogP contribution in [0.5, 0.6) is 0 Å². The molecule has 1 aromatic heterocycles. The predicted octanol–water partition coefficient (Wildman–Crippen LogP) is 15.6. The Morgan fingerprint density at radius 2 is 0.828 bits per heavy atom. The molecule has 58 heavy (non-hydrogen) atoms. The van der Waals surface area contributed by atoms with Crippen molar-refractivity contribution < 1.29 is 0 Å². The third kappa shape index (κ3) is 4.77. The van der Waals surface area contributed by atoms with Crippen LogP contribution in [0, 0.1) is 0 Å². The van der Waals surface area contributed by atoms with Crippen molar-refractivity contribution in [2.45, 2.75) is 19.3 Å². The zero-order chi connectivity index (χ0) is 38.5. The van der Waals surface area contributed by atoms with Crippen LogP contribution in [0.15, 0.2) is 200 Å². The quantitative estimate of drug-likeness (QED) is 0.159. The lowest BCUT2D eigenvalue weighted by Crippen LogP contribution is -2.15. The van der Waals surface area contributed by atoms with E-state index >= 15 is 0 Å². The molecule has 1 aliphatic carbocycles. The fraction of sp³-hybridized carbons (Fsp3) is 0.0526. The van der Waals surface area contributed by atoms with E-state index in [2.05, 4.69) is 219 Å². The van der Waals surface area contributed by atoms with Crippen molar-refractivity contribution in [2.75, 3.05) is 0 Å². The second-order valence-electron chi connectivity index (χ2n) is 16.5. The van der Waals surface area contributed by atoms with Gasteiger partial charge in [-0.3, -0.25) is 0 Å². The smallest absolute Gasteiger partial charge is 0.0547 e. The molecule has 0 aliphatic heterocycles. The molecule has 1 nitrogen and oxygen atoms in total. The van der Waals surface area contributed by atoms with Crippen molar-refractivity contribution >= 4 is 54.1 Å². The van der Waals surface area contributed by atoms with Crippen LogP contribution in [0.4, 0.5) is 0 Å². The standard InChI is InChI=1S/C57H39N/c1-57(2)51-26-14-13-23-45(51)48-34-50-49-33-38(41-31-39(36-16-5-3-6-17-36)30-40(32-41)37-18-7-4-8-19-37)28-29-53(49)58(55(50)35-52(48)57)54-27-15-25-47-44-21-10-9-20-42(44)43-22-11-12-24-46(43)56(47)54/h3-35H,1-2H3.